The summed E-state index contributed by atoms with van der Waals surface area (Å²) in [5, 5.41) is 21.0. The lowest BCUT2D eigenvalue weighted by molar-refractivity contribution is -0.0625. The van der Waals surface area contributed by atoms with Gasteiger partial charge in [0, 0.05) is 5.54 Å². The Kier molecular flexibility index (Phi) is 4.15. The van der Waals surface area contributed by atoms with Gasteiger partial charge in [-0.3, -0.25) is 0 Å². The Morgan fingerprint density at radius 2 is 1.79 bits per heavy atom. The summed E-state index contributed by atoms with van der Waals surface area (Å²) < 4.78 is 28.2. The number of nitrogens with one attached hydrogen (secondary N) is 1. The SMILES string of the molecule is CC1=C[C@](C)(NS(=O)(=O)c2ccc(C)cc2)CC2CC[C@@H](O)[C@@]12O. The van der Waals surface area contributed by atoms with Crippen LogP contribution in [0.2, 0.25) is 0 Å². The Morgan fingerprint density at radius 1 is 1.17 bits per heavy atom. The van der Waals surface area contributed by atoms with Crippen LogP contribution in [0.3, 0.4) is 0 Å². The molecule has 0 amide bonds. The molecular weight excluding hydrogens is 326 g/mol. The minimum Gasteiger partial charge on any atom is -0.390 e. The molecule has 2 aliphatic rings. The minimum absolute atomic E-state index is 0.150. The predicted octanol–water partition coefficient (Wildman–Crippen LogP) is 1.88. The molecule has 0 aliphatic heterocycles. The molecule has 1 fully saturated rings. The summed E-state index contributed by atoms with van der Waals surface area (Å²) in [6.07, 6.45) is 2.65. The van der Waals surface area contributed by atoms with E-state index < -0.39 is 27.3 Å². The number of sulfonamides is 1. The minimum atomic E-state index is -3.66. The van der Waals surface area contributed by atoms with Gasteiger partial charge in [0.15, 0.2) is 0 Å². The third-order valence-corrected chi connectivity index (χ3v) is 7.08. The molecule has 132 valence electrons. The summed E-state index contributed by atoms with van der Waals surface area (Å²) in [7, 11) is -3.66. The molecule has 4 atom stereocenters. The van der Waals surface area contributed by atoms with E-state index in [4.69, 9.17) is 0 Å². The monoisotopic (exact) mass is 351 g/mol. The van der Waals surface area contributed by atoms with E-state index in [1.807, 2.05) is 13.8 Å². The molecule has 0 spiro atoms. The Balaban J connectivity index is 1.91. The van der Waals surface area contributed by atoms with Gasteiger partial charge in [0.05, 0.1) is 11.0 Å². The third-order valence-electron chi connectivity index (χ3n) is 5.45. The van der Waals surface area contributed by atoms with E-state index in [0.717, 1.165) is 5.56 Å². The second-order valence-corrected chi connectivity index (χ2v) is 9.17. The molecule has 24 heavy (non-hydrogen) atoms. The van der Waals surface area contributed by atoms with Crippen LogP contribution >= 0.6 is 0 Å². The van der Waals surface area contributed by atoms with E-state index >= 15 is 0 Å². The second-order valence-electron chi connectivity index (χ2n) is 7.48. The first-order valence-corrected chi connectivity index (χ1v) is 9.76. The van der Waals surface area contributed by atoms with Crippen molar-refractivity contribution in [3.05, 3.63) is 41.5 Å². The maximum absolute atomic E-state index is 12.7. The van der Waals surface area contributed by atoms with Crippen molar-refractivity contribution < 1.29 is 18.6 Å². The first kappa shape index (κ1) is 17.6. The van der Waals surface area contributed by atoms with Crippen LogP contribution in [0.25, 0.3) is 0 Å². The van der Waals surface area contributed by atoms with Crippen LogP contribution in [0.4, 0.5) is 0 Å². The molecule has 0 saturated heterocycles. The molecule has 0 aromatic heterocycles. The molecule has 1 saturated carbocycles. The van der Waals surface area contributed by atoms with Crippen molar-refractivity contribution >= 4 is 10.0 Å². The normalized spacial score (nSPS) is 36.3. The van der Waals surface area contributed by atoms with Gasteiger partial charge in [0.25, 0.3) is 0 Å². The lowest BCUT2D eigenvalue weighted by Crippen LogP contribution is -2.55. The third kappa shape index (κ3) is 2.81. The second kappa shape index (κ2) is 5.66. The highest BCUT2D eigenvalue weighted by molar-refractivity contribution is 7.89. The Hall–Kier alpha value is -1.21. The van der Waals surface area contributed by atoms with Gasteiger partial charge in [0.1, 0.15) is 5.60 Å². The highest BCUT2D eigenvalue weighted by Gasteiger charge is 2.54. The van der Waals surface area contributed by atoms with Crippen LogP contribution < -0.4 is 4.72 Å². The largest absolute Gasteiger partial charge is 0.390 e. The number of hydrogen-bond acceptors (Lipinski definition) is 4. The van der Waals surface area contributed by atoms with Crippen molar-refractivity contribution in [2.24, 2.45) is 5.92 Å². The lowest BCUT2D eigenvalue weighted by Gasteiger charge is -2.44. The zero-order valence-corrected chi connectivity index (χ0v) is 15.1. The molecule has 1 aromatic rings. The van der Waals surface area contributed by atoms with Crippen molar-refractivity contribution in [1.82, 2.24) is 4.72 Å². The van der Waals surface area contributed by atoms with Gasteiger partial charge in [0.2, 0.25) is 10.0 Å². The smallest absolute Gasteiger partial charge is 0.241 e. The molecule has 3 rings (SSSR count). The predicted molar refractivity (Wildman–Crippen MR) is 92.0 cm³/mol. The van der Waals surface area contributed by atoms with E-state index in [2.05, 4.69) is 4.72 Å². The fourth-order valence-corrected chi connectivity index (χ4v) is 5.60. The van der Waals surface area contributed by atoms with E-state index in [1.54, 1.807) is 37.3 Å². The number of hydrogen-bond donors (Lipinski definition) is 3. The molecule has 3 N–H and O–H groups in total. The van der Waals surface area contributed by atoms with Gasteiger partial charge < -0.3 is 10.2 Å². The van der Waals surface area contributed by atoms with Crippen LogP contribution in [-0.2, 0) is 10.0 Å². The Morgan fingerprint density at radius 3 is 2.42 bits per heavy atom. The maximum Gasteiger partial charge on any atom is 0.241 e. The summed E-state index contributed by atoms with van der Waals surface area (Å²) in [4.78, 5) is 0.229. The van der Waals surface area contributed by atoms with Gasteiger partial charge >= 0.3 is 0 Å². The van der Waals surface area contributed by atoms with Crippen molar-refractivity contribution in [3.8, 4) is 0 Å². The average Bonchev–Trinajstić information content (AvgIpc) is 2.76. The summed E-state index contributed by atoms with van der Waals surface area (Å²) in [5.41, 5.74) is -0.375. The van der Waals surface area contributed by atoms with Crippen LogP contribution in [0.15, 0.2) is 40.8 Å². The van der Waals surface area contributed by atoms with Crippen LogP contribution in [0.1, 0.15) is 38.7 Å². The molecule has 0 radical (unpaired) electrons. The van der Waals surface area contributed by atoms with Gasteiger partial charge in [-0.05, 0) is 63.7 Å². The van der Waals surface area contributed by atoms with Crippen molar-refractivity contribution in [1.29, 1.82) is 0 Å². The molecule has 1 unspecified atom stereocenters. The summed E-state index contributed by atoms with van der Waals surface area (Å²) >= 11 is 0. The van der Waals surface area contributed by atoms with Crippen molar-refractivity contribution in [2.75, 3.05) is 0 Å². The molecular formula is C18H25NO4S. The zero-order valence-electron chi connectivity index (χ0n) is 14.3. The van der Waals surface area contributed by atoms with Crippen LogP contribution in [0, 0.1) is 12.8 Å². The lowest BCUT2D eigenvalue weighted by atomic mass is 9.70. The maximum atomic E-state index is 12.7. The van der Waals surface area contributed by atoms with E-state index in [9.17, 15) is 18.6 Å². The molecule has 6 heteroatoms. The van der Waals surface area contributed by atoms with Gasteiger partial charge in [-0.1, -0.05) is 23.8 Å². The quantitative estimate of drug-likeness (QED) is 0.726. The molecule has 5 nitrogen and oxygen atoms in total. The number of aliphatic hydroxyl groups is 2. The first-order chi connectivity index (χ1) is 11.1. The summed E-state index contributed by atoms with van der Waals surface area (Å²) in [6.45, 7) is 5.50. The fraction of sp³-hybridized carbons (Fsp3) is 0.556. The molecule has 0 heterocycles. The van der Waals surface area contributed by atoms with Gasteiger partial charge in [-0.2, -0.15) is 0 Å². The van der Waals surface area contributed by atoms with E-state index in [-0.39, 0.29) is 10.8 Å². The first-order valence-electron chi connectivity index (χ1n) is 8.28. The standard InChI is InChI=1S/C18H25NO4S/c1-12-4-7-15(8-5-12)24(22,23)19-17(3)10-13(2)18(21)14(11-17)6-9-16(18)20/h4-5,7-8,10,14,16,19-21H,6,9,11H2,1-3H3/t14?,16-,17+,18-/m1/s1. The number of fused-ring (bicyclic) bond motifs is 1. The van der Waals surface area contributed by atoms with Crippen LogP contribution in [0.5, 0.6) is 0 Å². The van der Waals surface area contributed by atoms with Gasteiger partial charge in [-0.25, -0.2) is 13.1 Å². The van der Waals surface area contributed by atoms with Crippen LogP contribution in [-0.4, -0.2) is 35.9 Å². The van der Waals surface area contributed by atoms with E-state index in [1.165, 1.54) is 0 Å². The fourth-order valence-electron chi connectivity index (χ4n) is 4.23. The highest BCUT2D eigenvalue weighted by Crippen LogP contribution is 2.49. The average molecular weight is 351 g/mol. The Bertz CT molecular complexity index is 771. The van der Waals surface area contributed by atoms with Crippen molar-refractivity contribution in [3.63, 3.8) is 0 Å². The molecule has 0 bridgehead atoms. The summed E-state index contributed by atoms with van der Waals surface area (Å²) in [6, 6.07) is 6.72. The topological polar surface area (TPSA) is 86.6 Å². The summed E-state index contributed by atoms with van der Waals surface area (Å²) in [5.74, 6) is -0.150. The van der Waals surface area contributed by atoms with Crippen molar-refractivity contribution in [2.45, 2.75) is 62.2 Å². The molecule has 2 aliphatic carbocycles. The number of aryl methyl sites for hydroxylation is 1. The molecule has 1 aromatic carbocycles. The zero-order chi connectivity index (χ0) is 17.8. The van der Waals surface area contributed by atoms with E-state index in [0.29, 0.717) is 24.8 Å². The number of aliphatic hydroxyl groups excluding tert-OH is 1. The Labute approximate surface area is 143 Å². The highest BCUT2D eigenvalue weighted by atomic mass is 32.2. The van der Waals surface area contributed by atoms with Gasteiger partial charge in [-0.15, -0.1) is 0 Å². The number of benzene rings is 1. The number of rotatable bonds is 3.